The number of hydrogen-bond donors (Lipinski definition) is 1. The highest BCUT2D eigenvalue weighted by molar-refractivity contribution is 5.23. The van der Waals surface area contributed by atoms with Crippen LogP contribution in [0.3, 0.4) is 0 Å². The molecule has 3 rings (SSSR count). The molecule has 0 spiro atoms. The Morgan fingerprint density at radius 2 is 2.10 bits per heavy atom. The van der Waals surface area contributed by atoms with E-state index >= 15 is 0 Å². The van der Waals surface area contributed by atoms with Crippen molar-refractivity contribution in [2.75, 3.05) is 19.6 Å². The Morgan fingerprint density at radius 1 is 1.29 bits per heavy atom. The van der Waals surface area contributed by atoms with Gasteiger partial charge in [-0.15, -0.1) is 0 Å². The number of aromatic nitrogens is 4. The van der Waals surface area contributed by atoms with E-state index in [1.165, 1.54) is 29.9 Å². The van der Waals surface area contributed by atoms with Crippen LogP contribution < -0.4 is 0 Å². The zero-order valence-corrected chi connectivity index (χ0v) is 13.5. The Morgan fingerprint density at radius 3 is 2.71 bits per heavy atom. The molecule has 5 nitrogen and oxygen atoms in total. The third-order valence-corrected chi connectivity index (χ3v) is 4.60. The molecule has 0 radical (unpaired) electrons. The molecule has 1 fully saturated rings. The zero-order valence-electron chi connectivity index (χ0n) is 13.5. The van der Waals surface area contributed by atoms with Gasteiger partial charge >= 0.3 is 0 Å². The highest BCUT2D eigenvalue weighted by Crippen LogP contribution is 2.23. The first kappa shape index (κ1) is 14.3. The Hall–Kier alpha value is -1.62. The normalized spacial score (nSPS) is 19.5. The average Bonchev–Trinajstić information content (AvgIpc) is 3.10. The van der Waals surface area contributed by atoms with Crippen molar-refractivity contribution in [1.29, 1.82) is 0 Å². The maximum absolute atomic E-state index is 4.64. The number of likely N-dealkylation sites (tertiary alicyclic amines) is 1. The van der Waals surface area contributed by atoms with Gasteiger partial charge in [-0.2, -0.15) is 10.2 Å². The van der Waals surface area contributed by atoms with Crippen molar-refractivity contribution in [3.63, 3.8) is 0 Å². The molecular weight excluding hydrogens is 262 g/mol. The third-order valence-electron chi connectivity index (χ3n) is 4.60. The first-order valence-corrected chi connectivity index (χ1v) is 7.80. The Kier molecular flexibility index (Phi) is 3.85. The number of rotatable bonds is 4. The Bertz CT molecular complexity index is 605. The molecule has 1 atom stereocenters. The van der Waals surface area contributed by atoms with Gasteiger partial charge in [0.1, 0.15) is 0 Å². The first-order valence-electron chi connectivity index (χ1n) is 7.80. The van der Waals surface area contributed by atoms with Crippen molar-refractivity contribution in [3.8, 4) is 0 Å². The minimum atomic E-state index is 0.533. The molecular formula is C16H25N5. The van der Waals surface area contributed by atoms with E-state index in [0.717, 1.165) is 30.9 Å². The molecule has 2 aromatic heterocycles. The number of aryl methyl sites for hydroxylation is 4. The summed E-state index contributed by atoms with van der Waals surface area (Å²) in [6.07, 6.45) is 2.28. The SMILES string of the molecule is Cc1cc(C)n([C@H]2CCN(CCc3c(C)n[nH]c3C)C2)n1. The summed E-state index contributed by atoms with van der Waals surface area (Å²) in [6, 6.07) is 2.70. The predicted octanol–water partition coefficient (Wildman–Crippen LogP) is 2.33. The fraction of sp³-hybridized carbons (Fsp3) is 0.625. The average molecular weight is 287 g/mol. The van der Waals surface area contributed by atoms with E-state index in [2.05, 4.69) is 58.6 Å². The molecule has 0 saturated carbocycles. The second-order valence-electron chi connectivity index (χ2n) is 6.28. The predicted molar refractivity (Wildman–Crippen MR) is 83.6 cm³/mol. The molecule has 2 aromatic rings. The summed E-state index contributed by atoms with van der Waals surface area (Å²) in [7, 11) is 0. The molecule has 0 aliphatic carbocycles. The zero-order chi connectivity index (χ0) is 15.0. The van der Waals surface area contributed by atoms with Crippen LogP contribution in [0.1, 0.15) is 40.8 Å². The summed E-state index contributed by atoms with van der Waals surface area (Å²) in [6.45, 7) is 11.8. The van der Waals surface area contributed by atoms with Gasteiger partial charge in [-0.25, -0.2) is 0 Å². The van der Waals surface area contributed by atoms with Gasteiger partial charge in [0.15, 0.2) is 0 Å². The van der Waals surface area contributed by atoms with Gasteiger partial charge in [-0.3, -0.25) is 9.78 Å². The number of aromatic amines is 1. The fourth-order valence-corrected chi connectivity index (χ4v) is 3.44. The van der Waals surface area contributed by atoms with Crippen LogP contribution in [0.4, 0.5) is 0 Å². The Balaban J connectivity index is 1.59. The molecule has 0 bridgehead atoms. The summed E-state index contributed by atoms with van der Waals surface area (Å²) in [5.41, 5.74) is 6.13. The van der Waals surface area contributed by atoms with Crippen molar-refractivity contribution < 1.29 is 0 Å². The van der Waals surface area contributed by atoms with Gasteiger partial charge in [-0.1, -0.05) is 0 Å². The van der Waals surface area contributed by atoms with E-state index in [0.29, 0.717) is 6.04 Å². The fourth-order valence-electron chi connectivity index (χ4n) is 3.44. The maximum atomic E-state index is 4.64. The van der Waals surface area contributed by atoms with Gasteiger partial charge in [0.25, 0.3) is 0 Å². The molecule has 1 aliphatic heterocycles. The molecule has 0 amide bonds. The number of hydrogen-bond acceptors (Lipinski definition) is 3. The lowest BCUT2D eigenvalue weighted by atomic mass is 10.1. The largest absolute Gasteiger partial charge is 0.301 e. The van der Waals surface area contributed by atoms with E-state index in [1.54, 1.807) is 0 Å². The summed E-state index contributed by atoms with van der Waals surface area (Å²) < 4.78 is 2.21. The van der Waals surface area contributed by atoms with Crippen molar-refractivity contribution >= 4 is 0 Å². The standard InChI is InChI=1S/C16H25N5/c1-11-9-12(2)21(19-11)15-5-7-20(10-15)8-6-16-13(3)17-18-14(16)4/h9,15H,5-8,10H2,1-4H3,(H,17,18)/t15-/m0/s1. The highest BCUT2D eigenvalue weighted by Gasteiger charge is 2.25. The van der Waals surface area contributed by atoms with E-state index in [4.69, 9.17) is 0 Å². The molecule has 3 heterocycles. The summed E-state index contributed by atoms with van der Waals surface area (Å²) in [5, 5.41) is 12.0. The van der Waals surface area contributed by atoms with Crippen LogP contribution in [0.2, 0.25) is 0 Å². The Labute approximate surface area is 126 Å². The van der Waals surface area contributed by atoms with Crippen LogP contribution >= 0.6 is 0 Å². The molecule has 1 aliphatic rings. The van der Waals surface area contributed by atoms with E-state index in [-0.39, 0.29) is 0 Å². The van der Waals surface area contributed by atoms with Crippen molar-refractivity contribution in [2.45, 2.75) is 46.6 Å². The number of H-pyrrole nitrogens is 1. The summed E-state index contributed by atoms with van der Waals surface area (Å²) >= 11 is 0. The van der Waals surface area contributed by atoms with Crippen molar-refractivity contribution in [2.24, 2.45) is 0 Å². The maximum Gasteiger partial charge on any atom is 0.0661 e. The van der Waals surface area contributed by atoms with Gasteiger partial charge in [-0.05, 0) is 52.2 Å². The van der Waals surface area contributed by atoms with Crippen molar-refractivity contribution in [1.82, 2.24) is 24.9 Å². The van der Waals surface area contributed by atoms with Crippen LogP contribution in [0.25, 0.3) is 0 Å². The van der Waals surface area contributed by atoms with Gasteiger partial charge in [0.05, 0.1) is 17.4 Å². The lowest BCUT2D eigenvalue weighted by molar-refractivity contribution is 0.321. The van der Waals surface area contributed by atoms with Gasteiger partial charge in [0.2, 0.25) is 0 Å². The van der Waals surface area contributed by atoms with Gasteiger partial charge in [0, 0.05) is 31.0 Å². The second kappa shape index (κ2) is 5.64. The highest BCUT2D eigenvalue weighted by atomic mass is 15.3. The van der Waals surface area contributed by atoms with Crippen molar-refractivity contribution in [3.05, 3.63) is 34.4 Å². The van der Waals surface area contributed by atoms with Crippen LogP contribution in [0.15, 0.2) is 6.07 Å². The van der Waals surface area contributed by atoms with E-state index in [1.807, 2.05) is 0 Å². The molecule has 5 heteroatoms. The summed E-state index contributed by atoms with van der Waals surface area (Å²) in [5.74, 6) is 0. The first-order chi connectivity index (χ1) is 10.0. The third kappa shape index (κ3) is 2.88. The minimum absolute atomic E-state index is 0.533. The van der Waals surface area contributed by atoms with Crippen LogP contribution in [-0.2, 0) is 6.42 Å². The molecule has 21 heavy (non-hydrogen) atoms. The van der Waals surface area contributed by atoms with E-state index in [9.17, 15) is 0 Å². The topological polar surface area (TPSA) is 49.7 Å². The van der Waals surface area contributed by atoms with Crippen LogP contribution in [-0.4, -0.2) is 44.5 Å². The van der Waals surface area contributed by atoms with E-state index < -0.39 is 0 Å². The van der Waals surface area contributed by atoms with Crippen LogP contribution in [0.5, 0.6) is 0 Å². The lowest BCUT2D eigenvalue weighted by Gasteiger charge is -2.17. The van der Waals surface area contributed by atoms with Crippen LogP contribution in [0, 0.1) is 27.7 Å². The summed E-state index contributed by atoms with van der Waals surface area (Å²) in [4.78, 5) is 2.55. The smallest absolute Gasteiger partial charge is 0.0661 e. The molecule has 114 valence electrons. The lowest BCUT2D eigenvalue weighted by Crippen LogP contribution is -2.25. The quantitative estimate of drug-likeness (QED) is 0.939. The minimum Gasteiger partial charge on any atom is -0.301 e. The number of nitrogens with zero attached hydrogens (tertiary/aromatic N) is 4. The molecule has 0 aromatic carbocycles. The second-order valence-corrected chi connectivity index (χ2v) is 6.28. The monoisotopic (exact) mass is 287 g/mol. The number of nitrogens with one attached hydrogen (secondary N) is 1. The molecule has 1 saturated heterocycles. The molecule has 1 N–H and O–H groups in total. The van der Waals surface area contributed by atoms with Gasteiger partial charge < -0.3 is 4.90 Å². The molecule has 0 unspecified atom stereocenters.